The Morgan fingerprint density at radius 2 is 1.04 bits per heavy atom. The van der Waals surface area contributed by atoms with Gasteiger partial charge < -0.3 is 32.5 Å². The van der Waals surface area contributed by atoms with Crippen molar-refractivity contribution in [3.63, 3.8) is 0 Å². The lowest BCUT2D eigenvalue weighted by atomic mass is 9.83. The summed E-state index contributed by atoms with van der Waals surface area (Å²) in [5.74, 6) is 0.0780. The fourth-order valence-electron chi connectivity index (χ4n) is 10.3. The van der Waals surface area contributed by atoms with Gasteiger partial charge in [-0.3, -0.25) is 0 Å². The van der Waals surface area contributed by atoms with Crippen LogP contribution in [0.2, 0.25) is 23.2 Å². The molecule has 0 amide bonds. The second kappa shape index (κ2) is 28.7. The van der Waals surface area contributed by atoms with Gasteiger partial charge in [-0.05, 0) is 89.1 Å². The zero-order valence-corrected chi connectivity index (χ0v) is 47.5. The molecule has 0 spiro atoms. The maximum absolute atomic E-state index is 13.0. The van der Waals surface area contributed by atoms with E-state index in [1.165, 1.54) is 17.5 Å². The summed E-state index contributed by atoms with van der Waals surface area (Å²) in [6.45, 7) is 21.7. The lowest BCUT2D eigenvalue weighted by Gasteiger charge is -2.49. The second-order valence-corrected chi connectivity index (χ2v) is 29.6. The number of ether oxygens (including phenoxy) is 5. The number of esters is 1. The Bertz CT molecular complexity index is 2270. The molecule has 0 saturated heterocycles. The quantitative estimate of drug-likeness (QED) is 0.0188. The van der Waals surface area contributed by atoms with Crippen molar-refractivity contribution >= 4 is 33.0 Å². The summed E-state index contributed by atoms with van der Waals surface area (Å²) in [7, 11) is -1.87. The van der Waals surface area contributed by atoms with E-state index in [2.05, 4.69) is 152 Å². The van der Waals surface area contributed by atoms with Crippen molar-refractivity contribution in [3.8, 4) is 5.75 Å². The van der Waals surface area contributed by atoms with Gasteiger partial charge in [0.05, 0.1) is 45.7 Å². The zero-order valence-electron chi connectivity index (χ0n) is 45.5. The molecular weight excluding hydrogens is 929 g/mol. The van der Waals surface area contributed by atoms with Crippen LogP contribution < -0.4 is 15.1 Å². The molecule has 0 aliphatic heterocycles. The van der Waals surface area contributed by atoms with Gasteiger partial charge in [-0.1, -0.05) is 207 Å². The Morgan fingerprint density at radius 1 is 0.583 bits per heavy atom. The van der Waals surface area contributed by atoms with Crippen molar-refractivity contribution in [2.75, 3.05) is 20.8 Å². The minimum Gasteiger partial charge on any atom is -0.497 e. The third-order valence-corrected chi connectivity index (χ3v) is 24.4. The number of benzene rings is 5. The average molecular weight is 1020 g/mol. The van der Waals surface area contributed by atoms with Crippen molar-refractivity contribution < 1.29 is 37.3 Å². The minimum absolute atomic E-state index is 0.0848. The first-order chi connectivity index (χ1) is 34.7. The number of rotatable bonds is 31. The minimum atomic E-state index is -2.65. The van der Waals surface area contributed by atoms with E-state index in [-0.39, 0.29) is 16.9 Å². The molecule has 8 nitrogen and oxygen atoms in total. The smallest absolute Gasteiger partial charge is 0.333 e. The largest absolute Gasteiger partial charge is 0.497 e. The van der Waals surface area contributed by atoms with Crippen LogP contribution in [0.15, 0.2) is 157 Å². The van der Waals surface area contributed by atoms with Gasteiger partial charge in [0.25, 0.3) is 8.32 Å². The molecule has 0 N–H and O–H groups in total. The molecular formula is C62H86O8Si2. The summed E-state index contributed by atoms with van der Waals surface area (Å²) in [6, 6.07) is 53.3. The number of hydrogen-bond donors (Lipinski definition) is 0. The highest BCUT2D eigenvalue weighted by Gasteiger charge is 2.51. The first-order valence-electron chi connectivity index (χ1n) is 26.5. The summed E-state index contributed by atoms with van der Waals surface area (Å²) in [6.07, 6.45) is 4.75. The van der Waals surface area contributed by atoms with Crippen LogP contribution in [0.4, 0.5) is 0 Å². The molecule has 0 radical (unpaired) electrons. The zero-order chi connectivity index (χ0) is 52.0. The Hall–Kier alpha value is -4.66. The van der Waals surface area contributed by atoms with Crippen LogP contribution in [0.3, 0.4) is 0 Å². The molecule has 390 valence electrons. The van der Waals surface area contributed by atoms with E-state index in [0.29, 0.717) is 32.0 Å². The molecule has 0 bridgehead atoms. The highest BCUT2D eigenvalue weighted by Crippen LogP contribution is 2.40. The monoisotopic (exact) mass is 1010 g/mol. The Balaban J connectivity index is 1.54. The van der Waals surface area contributed by atoms with Gasteiger partial charge in [0.15, 0.2) is 8.32 Å². The van der Waals surface area contributed by atoms with Crippen molar-refractivity contribution in [1.29, 1.82) is 0 Å². The fourth-order valence-corrected chi connectivity index (χ4v) is 18.1. The maximum atomic E-state index is 13.0. The molecule has 72 heavy (non-hydrogen) atoms. The molecule has 5 atom stereocenters. The predicted molar refractivity (Wildman–Crippen MR) is 300 cm³/mol. The van der Waals surface area contributed by atoms with E-state index >= 15 is 0 Å². The van der Waals surface area contributed by atoms with Crippen molar-refractivity contribution in [3.05, 3.63) is 174 Å². The van der Waals surface area contributed by atoms with Crippen molar-refractivity contribution in [1.82, 2.24) is 0 Å². The molecule has 0 fully saturated rings. The summed E-state index contributed by atoms with van der Waals surface area (Å²) in [5, 5.41) is 2.52. The average Bonchev–Trinajstić information content (AvgIpc) is 3.40. The lowest BCUT2D eigenvalue weighted by molar-refractivity contribution is -0.208. The third-order valence-electron chi connectivity index (χ3n) is 14.6. The molecule has 5 aromatic rings. The Morgan fingerprint density at radius 3 is 1.51 bits per heavy atom. The van der Waals surface area contributed by atoms with E-state index in [9.17, 15) is 4.79 Å². The van der Waals surface area contributed by atoms with Crippen LogP contribution in [0.25, 0.3) is 0 Å². The summed E-state index contributed by atoms with van der Waals surface area (Å²) in [4.78, 5) is 13.0. The summed E-state index contributed by atoms with van der Waals surface area (Å²) >= 11 is 0. The van der Waals surface area contributed by atoms with Crippen LogP contribution in [-0.4, -0.2) is 67.3 Å². The first kappa shape index (κ1) is 58.2. The van der Waals surface area contributed by atoms with E-state index in [1.54, 1.807) is 14.0 Å². The summed E-state index contributed by atoms with van der Waals surface area (Å²) in [5.41, 5.74) is 2.78. The maximum Gasteiger partial charge on any atom is 0.333 e. The van der Waals surface area contributed by atoms with Crippen molar-refractivity contribution in [2.24, 2.45) is 5.92 Å². The van der Waals surface area contributed by atoms with Crippen LogP contribution >= 0.6 is 0 Å². The summed E-state index contributed by atoms with van der Waals surface area (Å²) < 4.78 is 47.8. The molecule has 0 aromatic heterocycles. The number of carbonyl (C=O) groups excluding carboxylic acids is 1. The topological polar surface area (TPSA) is 81.7 Å². The van der Waals surface area contributed by atoms with Crippen LogP contribution in [0.5, 0.6) is 5.75 Å². The molecule has 0 saturated carbocycles. The van der Waals surface area contributed by atoms with Crippen LogP contribution in [0.1, 0.15) is 111 Å². The SMILES string of the molecule is CC[Si](CC)(CC)O[C@](C)(CCCCCCO[Si](c1ccccc1)(c1ccccc1)C(C)(C)C)[C@H](OCc1ccccc1)[C@@H](OCc1ccccc1)[C@H](OCc1ccc(OC)cc1)[C@@H](C)/C=C(\C)C(=O)OC. The van der Waals surface area contributed by atoms with Gasteiger partial charge in [-0.25, -0.2) is 4.79 Å². The number of carbonyl (C=O) groups is 1. The molecule has 5 aromatic carbocycles. The lowest BCUT2D eigenvalue weighted by Crippen LogP contribution is -2.66. The standard InChI is InChI=1S/C62H86O8Si2/c1-12-71(13-2,14-3)70-62(9,43-29-15-16-30-44-69-72(61(6,7)8,55-35-25-19-26-36-55)56-37-27-20-28-38-56)59(68-48-52-33-23-18-24-34-52)58(67-46-51-31-21-17-22-32-51)57(49(4)45-50(5)60(63)65-11)66-47-53-39-41-54(64-10)42-40-53/h17-28,31-42,45,49,57-59H,12-16,29-30,43-44,46-48H2,1-11H3/b50-45+/t49-,57+,58-,59+,62+/m0/s1. The van der Waals surface area contributed by atoms with E-state index in [0.717, 1.165) is 72.7 Å². The molecule has 5 rings (SSSR count). The van der Waals surface area contributed by atoms with Gasteiger partial charge in [-0.15, -0.1) is 0 Å². The highest BCUT2D eigenvalue weighted by atomic mass is 28.4. The number of unbranched alkanes of at least 4 members (excludes halogenated alkanes) is 3. The van der Waals surface area contributed by atoms with E-state index in [1.807, 2.05) is 54.6 Å². The van der Waals surface area contributed by atoms with Crippen molar-refractivity contribution in [2.45, 2.75) is 161 Å². The van der Waals surface area contributed by atoms with Gasteiger partial charge in [-0.2, -0.15) is 0 Å². The third kappa shape index (κ3) is 15.9. The molecule has 10 heteroatoms. The van der Waals surface area contributed by atoms with E-state index < -0.39 is 40.5 Å². The molecule has 0 aliphatic carbocycles. The van der Waals surface area contributed by atoms with Gasteiger partial charge in [0.2, 0.25) is 0 Å². The predicted octanol–water partition coefficient (Wildman–Crippen LogP) is 13.8. The highest BCUT2D eigenvalue weighted by molar-refractivity contribution is 6.99. The van der Waals surface area contributed by atoms with Crippen LogP contribution in [-0.2, 0) is 52.4 Å². The Labute approximate surface area is 436 Å². The number of hydrogen-bond acceptors (Lipinski definition) is 8. The second-order valence-electron chi connectivity index (χ2n) is 20.6. The van der Waals surface area contributed by atoms with E-state index in [4.69, 9.17) is 32.5 Å². The van der Waals surface area contributed by atoms with Crippen LogP contribution in [0, 0.1) is 5.92 Å². The molecule has 0 aliphatic rings. The number of methoxy groups -OCH3 is 2. The molecule has 0 heterocycles. The first-order valence-corrected chi connectivity index (χ1v) is 30.9. The van der Waals surface area contributed by atoms with Gasteiger partial charge >= 0.3 is 5.97 Å². The van der Waals surface area contributed by atoms with Gasteiger partial charge in [0, 0.05) is 18.1 Å². The normalized spacial score (nSPS) is 15.0. The molecule has 0 unspecified atom stereocenters. The fraction of sp³-hybridized carbons (Fsp3) is 0.468. The Kier molecular flexibility index (Phi) is 23.2. The van der Waals surface area contributed by atoms with Gasteiger partial charge in [0.1, 0.15) is 18.0 Å².